The van der Waals surface area contributed by atoms with Crippen LogP contribution in [0.15, 0.2) is 28.7 Å². The molecule has 1 aromatic carbocycles. The van der Waals surface area contributed by atoms with Crippen LogP contribution in [0.1, 0.15) is 19.2 Å². The van der Waals surface area contributed by atoms with E-state index >= 15 is 0 Å². The SMILES string of the molecule is CCCc1nc(Cl)c(-c2cccc(Br)c2)c(Cl)n1. The van der Waals surface area contributed by atoms with Crippen LogP contribution < -0.4 is 0 Å². The number of hydrogen-bond acceptors (Lipinski definition) is 2. The van der Waals surface area contributed by atoms with Crippen molar-refractivity contribution in [3.05, 3.63) is 44.9 Å². The van der Waals surface area contributed by atoms with Crippen molar-refractivity contribution in [2.45, 2.75) is 19.8 Å². The van der Waals surface area contributed by atoms with Gasteiger partial charge >= 0.3 is 0 Å². The highest BCUT2D eigenvalue weighted by atomic mass is 79.9. The van der Waals surface area contributed by atoms with E-state index in [1.165, 1.54) is 0 Å². The van der Waals surface area contributed by atoms with Crippen LogP contribution in [0.3, 0.4) is 0 Å². The van der Waals surface area contributed by atoms with Gasteiger partial charge in [-0.15, -0.1) is 0 Å². The van der Waals surface area contributed by atoms with Crippen molar-refractivity contribution in [1.82, 2.24) is 9.97 Å². The molecule has 0 unspecified atom stereocenters. The number of hydrogen-bond donors (Lipinski definition) is 0. The van der Waals surface area contributed by atoms with Gasteiger partial charge in [0.1, 0.15) is 16.1 Å². The van der Waals surface area contributed by atoms with Crippen molar-refractivity contribution >= 4 is 39.1 Å². The van der Waals surface area contributed by atoms with Gasteiger partial charge in [-0.1, -0.05) is 58.2 Å². The minimum absolute atomic E-state index is 0.400. The highest BCUT2D eigenvalue weighted by molar-refractivity contribution is 9.10. The first kappa shape index (κ1) is 13.8. The maximum Gasteiger partial charge on any atom is 0.142 e. The molecular formula is C13H11BrCl2N2. The van der Waals surface area contributed by atoms with Crippen LogP contribution in [0.25, 0.3) is 11.1 Å². The van der Waals surface area contributed by atoms with Gasteiger partial charge in [0, 0.05) is 10.9 Å². The normalized spacial score (nSPS) is 10.7. The monoisotopic (exact) mass is 344 g/mol. The summed E-state index contributed by atoms with van der Waals surface area (Å²) in [6.07, 6.45) is 1.74. The van der Waals surface area contributed by atoms with Gasteiger partial charge in [0.25, 0.3) is 0 Å². The Bertz CT molecular complexity index is 550. The second-order valence-electron chi connectivity index (χ2n) is 3.86. The van der Waals surface area contributed by atoms with E-state index in [2.05, 4.69) is 32.8 Å². The summed E-state index contributed by atoms with van der Waals surface area (Å²) >= 11 is 15.8. The summed E-state index contributed by atoms with van der Waals surface area (Å²) < 4.78 is 0.963. The highest BCUT2D eigenvalue weighted by Crippen LogP contribution is 2.33. The summed E-state index contributed by atoms with van der Waals surface area (Å²) in [7, 11) is 0. The van der Waals surface area contributed by atoms with Gasteiger partial charge in [-0.3, -0.25) is 0 Å². The van der Waals surface area contributed by atoms with Crippen molar-refractivity contribution in [2.75, 3.05) is 0 Å². The third kappa shape index (κ3) is 3.02. The standard InChI is InChI=1S/C13H11BrCl2N2/c1-2-4-10-17-12(15)11(13(16)18-10)8-5-3-6-9(14)7-8/h3,5-7H,2,4H2,1H3. The van der Waals surface area contributed by atoms with Crippen molar-refractivity contribution in [3.8, 4) is 11.1 Å². The third-order valence-electron chi connectivity index (χ3n) is 2.45. The zero-order valence-electron chi connectivity index (χ0n) is 9.75. The fraction of sp³-hybridized carbons (Fsp3) is 0.231. The molecule has 2 nitrogen and oxygen atoms in total. The fourth-order valence-corrected chi connectivity index (χ4v) is 2.71. The summed E-state index contributed by atoms with van der Waals surface area (Å²) in [6.45, 7) is 2.06. The molecule has 2 rings (SSSR count). The van der Waals surface area contributed by atoms with Crippen molar-refractivity contribution in [2.24, 2.45) is 0 Å². The van der Waals surface area contributed by atoms with Crippen LogP contribution in [-0.4, -0.2) is 9.97 Å². The smallest absolute Gasteiger partial charge is 0.142 e. The van der Waals surface area contributed by atoms with E-state index in [1.54, 1.807) is 0 Å². The molecule has 94 valence electrons. The Morgan fingerprint density at radius 3 is 2.39 bits per heavy atom. The molecule has 0 aliphatic heterocycles. The van der Waals surface area contributed by atoms with Gasteiger partial charge in [-0.2, -0.15) is 0 Å². The van der Waals surface area contributed by atoms with Gasteiger partial charge in [-0.25, -0.2) is 9.97 Å². The van der Waals surface area contributed by atoms with Gasteiger partial charge < -0.3 is 0 Å². The Morgan fingerprint density at radius 1 is 1.17 bits per heavy atom. The first-order chi connectivity index (χ1) is 8.61. The van der Waals surface area contributed by atoms with E-state index in [-0.39, 0.29) is 0 Å². The van der Waals surface area contributed by atoms with E-state index in [4.69, 9.17) is 23.2 Å². The zero-order valence-corrected chi connectivity index (χ0v) is 12.8. The highest BCUT2D eigenvalue weighted by Gasteiger charge is 2.13. The summed E-state index contributed by atoms with van der Waals surface area (Å²) in [5.74, 6) is 0.686. The molecule has 18 heavy (non-hydrogen) atoms. The summed E-state index contributed by atoms with van der Waals surface area (Å²) in [4.78, 5) is 8.57. The lowest BCUT2D eigenvalue weighted by Gasteiger charge is -2.08. The average Bonchev–Trinajstić information content (AvgIpc) is 2.28. The second kappa shape index (κ2) is 6.00. The van der Waals surface area contributed by atoms with Gasteiger partial charge in [-0.05, 0) is 24.1 Å². The molecule has 0 fully saturated rings. The summed E-state index contributed by atoms with van der Waals surface area (Å²) in [5.41, 5.74) is 1.59. The molecule has 1 heterocycles. The molecule has 0 aliphatic carbocycles. The Balaban J connectivity index is 2.51. The Morgan fingerprint density at radius 2 is 1.83 bits per heavy atom. The molecule has 0 spiro atoms. The number of aryl methyl sites for hydroxylation is 1. The lowest BCUT2D eigenvalue weighted by Crippen LogP contribution is -1.98. The predicted molar refractivity (Wildman–Crippen MR) is 79.2 cm³/mol. The van der Waals surface area contributed by atoms with Crippen molar-refractivity contribution < 1.29 is 0 Å². The van der Waals surface area contributed by atoms with Crippen LogP contribution in [0.4, 0.5) is 0 Å². The Hall–Kier alpha value is -0.640. The third-order valence-corrected chi connectivity index (χ3v) is 3.49. The molecule has 0 amide bonds. The zero-order chi connectivity index (χ0) is 13.1. The summed E-state index contributed by atoms with van der Waals surface area (Å²) in [6, 6.07) is 7.74. The average molecular weight is 346 g/mol. The molecule has 0 N–H and O–H groups in total. The van der Waals surface area contributed by atoms with Crippen LogP contribution in [0, 0.1) is 0 Å². The lowest BCUT2D eigenvalue weighted by atomic mass is 10.1. The van der Waals surface area contributed by atoms with E-state index in [0.29, 0.717) is 21.7 Å². The minimum Gasteiger partial charge on any atom is -0.220 e. The Labute approximate surface area is 124 Å². The largest absolute Gasteiger partial charge is 0.220 e. The first-order valence-electron chi connectivity index (χ1n) is 5.59. The van der Waals surface area contributed by atoms with E-state index in [1.807, 2.05) is 24.3 Å². The molecule has 0 saturated carbocycles. The number of rotatable bonds is 3. The van der Waals surface area contributed by atoms with E-state index in [9.17, 15) is 0 Å². The number of aromatic nitrogens is 2. The maximum absolute atomic E-state index is 6.21. The van der Waals surface area contributed by atoms with Crippen LogP contribution in [0.2, 0.25) is 10.3 Å². The number of nitrogens with zero attached hydrogens (tertiary/aromatic N) is 2. The molecule has 0 radical (unpaired) electrons. The molecule has 2 aromatic rings. The lowest BCUT2D eigenvalue weighted by molar-refractivity contribution is 0.835. The van der Waals surface area contributed by atoms with Crippen molar-refractivity contribution in [3.63, 3.8) is 0 Å². The number of benzene rings is 1. The Kier molecular flexibility index (Phi) is 4.60. The molecule has 0 atom stereocenters. The van der Waals surface area contributed by atoms with Gasteiger partial charge in [0.2, 0.25) is 0 Å². The van der Waals surface area contributed by atoms with E-state index in [0.717, 1.165) is 22.9 Å². The quantitative estimate of drug-likeness (QED) is 0.717. The first-order valence-corrected chi connectivity index (χ1v) is 7.14. The van der Waals surface area contributed by atoms with E-state index < -0.39 is 0 Å². The van der Waals surface area contributed by atoms with Gasteiger partial charge in [0.15, 0.2) is 0 Å². The van der Waals surface area contributed by atoms with Crippen LogP contribution >= 0.6 is 39.1 Å². The second-order valence-corrected chi connectivity index (χ2v) is 5.49. The maximum atomic E-state index is 6.21. The molecule has 0 bridgehead atoms. The molecule has 0 saturated heterocycles. The molecule has 5 heteroatoms. The summed E-state index contributed by atoms with van der Waals surface area (Å²) in [5, 5.41) is 0.799. The minimum atomic E-state index is 0.400. The fourth-order valence-electron chi connectivity index (χ4n) is 1.67. The predicted octanol–water partition coefficient (Wildman–Crippen LogP) is 5.17. The molecular weight excluding hydrogens is 335 g/mol. The van der Waals surface area contributed by atoms with Crippen LogP contribution in [-0.2, 0) is 6.42 Å². The van der Waals surface area contributed by atoms with Crippen LogP contribution in [0.5, 0.6) is 0 Å². The number of halogens is 3. The molecule has 1 aromatic heterocycles. The van der Waals surface area contributed by atoms with Gasteiger partial charge in [0.05, 0.1) is 5.56 Å². The topological polar surface area (TPSA) is 25.8 Å². The van der Waals surface area contributed by atoms with Crippen molar-refractivity contribution in [1.29, 1.82) is 0 Å². The molecule has 0 aliphatic rings.